The van der Waals surface area contributed by atoms with Crippen LogP contribution >= 0.6 is 11.3 Å². The third kappa shape index (κ3) is 5.08. The molecule has 0 radical (unpaired) electrons. The van der Waals surface area contributed by atoms with Crippen LogP contribution in [0.3, 0.4) is 0 Å². The standard InChI is InChI=1S/C14H19F2NO3S/c1-3-5-10-8(4-2)6-11(21-10)13(18)17-9(14(19)20)7-12(15)16/h6,9,12H,3-5,7H2,1-2H3,(H,17,18)(H,19,20). The number of aryl methyl sites for hydroxylation is 2. The zero-order valence-corrected chi connectivity index (χ0v) is 12.8. The molecule has 0 bridgehead atoms. The Hall–Kier alpha value is -1.50. The fourth-order valence-corrected chi connectivity index (χ4v) is 3.20. The normalized spacial score (nSPS) is 12.4. The van der Waals surface area contributed by atoms with Crippen LogP contribution in [0.5, 0.6) is 0 Å². The lowest BCUT2D eigenvalue weighted by Gasteiger charge is -2.13. The predicted molar refractivity (Wildman–Crippen MR) is 77.2 cm³/mol. The molecule has 1 aromatic rings. The Bertz CT molecular complexity index is 502. The van der Waals surface area contributed by atoms with E-state index in [9.17, 15) is 18.4 Å². The minimum absolute atomic E-state index is 0.371. The van der Waals surface area contributed by atoms with Crippen LogP contribution in [0.15, 0.2) is 6.07 Å². The highest BCUT2D eigenvalue weighted by Gasteiger charge is 2.25. The number of amides is 1. The summed E-state index contributed by atoms with van der Waals surface area (Å²) < 4.78 is 24.6. The van der Waals surface area contributed by atoms with Gasteiger partial charge in [-0.05, 0) is 24.5 Å². The summed E-state index contributed by atoms with van der Waals surface area (Å²) >= 11 is 1.30. The summed E-state index contributed by atoms with van der Waals surface area (Å²) in [6.07, 6.45) is -1.11. The number of aliphatic carboxylic acids is 1. The van der Waals surface area contributed by atoms with E-state index in [-0.39, 0.29) is 0 Å². The molecule has 0 saturated carbocycles. The van der Waals surface area contributed by atoms with Crippen LogP contribution < -0.4 is 5.32 Å². The maximum absolute atomic E-state index is 12.3. The number of hydrogen-bond donors (Lipinski definition) is 2. The smallest absolute Gasteiger partial charge is 0.326 e. The van der Waals surface area contributed by atoms with E-state index < -0.39 is 30.8 Å². The fourth-order valence-electron chi connectivity index (χ4n) is 1.95. The molecule has 118 valence electrons. The summed E-state index contributed by atoms with van der Waals surface area (Å²) in [5, 5.41) is 11.0. The molecular formula is C14H19F2NO3S. The van der Waals surface area contributed by atoms with E-state index in [4.69, 9.17) is 5.11 Å². The van der Waals surface area contributed by atoms with Crippen LogP contribution in [-0.2, 0) is 17.6 Å². The first-order valence-electron chi connectivity index (χ1n) is 6.82. The monoisotopic (exact) mass is 319 g/mol. The maximum atomic E-state index is 12.3. The summed E-state index contributed by atoms with van der Waals surface area (Å²) in [5.74, 6) is -2.06. The number of alkyl halides is 2. The lowest BCUT2D eigenvalue weighted by Crippen LogP contribution is -2.41. The lowest BCUT2D eigenvalue weighted by atomic mass is 10.1. The van der Waals surface area contributed by atoms with Crippen molar-refractivity contribution in [1.82, 2.24) is 5.32 Å². The quantitative estimate of drug-likeness (QED) is 0.774. The van der Waals surface area contributed by atoms with Gasteiger partial charge in [0.25, 0.3) is 5.91 Å². The van der Waals surface area contributed by atoms with Gasteiger partial charge in [0.1, 0.15) is 6.04 Å². The Labute approximate surface area is 126 Å². The average molecular weight is 319 g/mol. The maximum Gasteiger partial charge on any atom is 0.326 e. The molecule has 1 aromatic heterocycles. The molecule has 0 aliphatic heterocycles. The fraction of sp³-hybridized carbons (Fsp3) is 0.571. The van der Waals surface area contributed by atoms with Crippen molar-refractivity contribution in [2.24, 2.45) is 0 Å². The first kappa shape index (κ1) is 17.6. The van der Waals surface area contributed by atoms with Crippen molar-refractivity contribution < 1.29 is 23.5 Å². The van der Waals surface area contributed by atoms with Gasteiger partial charge in [0.2, 0.25) is 6.43 Å². The van der Waals surface area contributed by atoms with Gasteiger partial charge in [-0.1, -0.05) is 20.3 Å². The number of hydrogen-bond acceptors (Lipinski definition) is 3. The molecule has 0 aliphatic carbocycles. The van der Waals surface area contributed by atoms with Crippen molar-refractivity contribution in [3.63, 3.8) is 0 Å². The topological polar surface area (TPSA) is 66.4 Å². The van der Waals surface area contributed by atoms with E-state index >= 15 is 0 Å². The van der Waals surface area contributed by atoms with Crippen LogP contribution in [0.25, 0.3) is 0 Å². The van der Waals surface area contributed by atoms with Crippen LogP contribution in [0.1, 0.15) is 46.8 Å². The molecule has 1 amide bonds. The second-order valence-electron chi connectivity index (χ2n) is 4.65. The van der Waals surface area contributed by atoms with Gasteiger partial charge in [0.05, 0.1) is 4.88 Å². The van der Waals surface area contributed by atoms with Crippen molar-refractivity contribution in [2.75, 3.05) is 0 Å². The van der Waals surface area contributed by atoms with Crippen LogP contribution in [0.2, 0.25) is 0 Å². The van der Waals surface area contributed by atoms with E-state index in [1.165, 1.54) is 11.3 Å². The van der Waals surface area contributed by atoms with Gasteiger partial charge in [-0.25, -0.2) is 13.6 Å². The van der Waals surface area contributed by atoms with E-state index in [0.717, 1.165) is 29.7 Å². The van der Waals surface area contributed by atoms with E-state index in [1.807, 2.05) is 13.8 Å². The number of halogens is 2. The molecule has 0 aromatic carbocycles. The van der Waals surface area contributed by atoms with Crippen LogP contribution in [0.4, 0.5) is 8.78 Å². The van der Waals surface area contributed by atoms with Gasteiger partial charge >= 0.3 is 5.97 Å². The summed E-state index contributed by atoms with van der Waals surface area (Å²) in [7, 11) is 0. The number of carboxylic acids is 1. The van der Waals surface area contributed by atoms with E-state index in [0.29, 0.717) is 4.88 Å². The highest BCUT2D eigenvalue weighted by molar-refractivity contribution is 7.14. The summed E-state index contributed by atoms with van der Waals surface area (Å²) in [5.41, 5.74) is 1.05. The Balaban J connectivity index is 2.84. The highest BCUT2D eigenvalue weighted by atomic mass is 32.1. The minimum atomic E-state index is -2.78. The second-order valence-corrected chi connectivity index (χ2v) is 5.79. The van der Waals surface area contributed by atoms with Crippen LogP contribution in [-0.4, -0.2) is 29.5 Å². The van der Waals surface area contributed by atoms with Crippen molar-refractivity contribution in [1.29, 1.82) is 0 Å². The first-order valence-corrected chi connectivity index (χ1v) is 7.64. The third-order valence-electron chi connectivity index (χ3n) is 3.00. The number of carbonyl (C=O) groups excluding carboxylic acids is 1. The van der Waals surface area contributed by atoms with Gasteiger partial charge in [0.15, 0.2) is 0 Å². The van der Waals surface area contributed by atoms with Gasteiger partial charge < -0.3 is 10.4 Å². The first-order chi connectivity index (χ1) is 9.88. The minimum Gasteiger partial charge on any atom is -0.480 e. The zero-order chi connectivity index (χ0) is 16.0. The van der Waals surface area contributed by atoms with Crippen molar-refractivity contribution in [2.45, 2.75) is 52.0 Å². The number of carbonyl (C=O) groups is 2. The van der Waals surface area contributed by atoms with Gasteiger partial charge in [-0.2, -0.15) is 0 Å². The molecule has 1 atom stereocenters. The molecule has 2 N–H and O–H groups in total. The number of thiophene rings is 1. The molecular weight excluding hydrogens is 300 g/mol. The summed E-state index contributed by atoms with van der Waals surface area (Å²) in [6, 6.07) is 0.144. The third-order valence-corrected chi connectivity index (χ3v) is 4.23. The Kier molecular flexibility index (Phi) is 6.74. The lowest BCUT2D eigenvalue weighted by molar-refractivity contribution is -0.140. The Morgan fingerprint density at radius 1 is 1.38 bits per heavy atom. The molecule has 4 nitrogen and oxygen atoms in total. The summed E-state index contributed by atoms with van der Waals surface area (Å²) in [6.45, 7) is 4.00. The second kappa shape index (κ2) is 8.07. The molecule has 21 heavy (non-hydrogen) atoms. The predicted octanol–water partition coefficient (Wildman–Crippen LogP) is 3.10. The molecule has 0 spiro atoms. The molecule has 0 fully saturated rings. The number of rotatable bonds is 8. The summed E-state index contributed by atoms with van der Waals surface area (Å²) in [4.78, 5) is 24.4. The van der Waals surface area contributed by atoms with Crippen molar-refractivity contribution in [3.8, 4) is 0 Å². The number of nitrogens with one attached hydrogen (secondary N) is 1. The molecule has 0 saturated heterocycles. The van der Waals surface area contributed by atoms with Crippen LogP contribution in [0, 0.1) is 0 Å². The van der Waals surface area contributed by atoms with Gasteiger partial charge in [-0.15, -0.1) is 11.3 Å². The van der Waals surface area contributed by atoms with E-state index in [2.05, 4.69) is 5.32 Å². The molecule has 7 heteroatoms. The van der Waals surface area contributed by atoms with Crippen molar-refractivity contribution >= 4 is 23.2 Å². The zero-order valence-electron chi connectivity index (χ0n) is 12.0. The van der Waals surface area contributed by atoms with Crippen molar-refractivity contribution in [3.05, 3.63) is 21.4 Å². The Morgan fingerprint density at radius 2 is 2.05 bits per heavy atom. The molecule has 1 rings (SSSR count). The SMILES string of the molecule is CCCc1sc(C(=O)NC(CC(F)F)C(=O)O)cc1CC. The molecule has 1 heterocycles. The largest absolute Gasteiger partial charge is 0.480 e. The van der Waals surface area contributed by atoms with Gasteiger partial charge in [-0.3, -0.25) is 4.79 Å². The molecule has 0 aliphatic rings. The highest BCUT2D eigenvalue weighted by Crippen LogP contribution is 2.24. The average Bonchev–Trinajstić information content (AvgIpc) is 2.81. The Morgan fingerprint density at radius 3 is 2.52 bits per heavy atom. The molecule has 1 unspecified atom stereocenters. The van der Waals surface area contributed by atoms with Gasteiger partial charge in [0, 0.05) is 11.3 Å². The number of carboxylic acid groups (broad SMARTS) is 1. The van der Waals surface area contributed by atoms with E-state index in [1.54, 1.807) is 6.07 Å².